The molecule has 0 bridgehead atoms. The molecule has 1 aliphatic rings. The third kappa shape index (κ3) is 3.36. The van der Waals surface area contributed by atoms with Gasteiger partial charge < -0.3 is 14.6 Å². The lowest BCUT2D eigenvalue weighted by molar-refractivity contribution is 0.0335. The van der Waals surface area contributed by atoms with E-state index in [-0.39, 0.29) is 29.2 Å². The van der Waals surface area contributed by atoms with Crippen molar-refractivity contribution < 1.29 is 18.3 Å². The van der Waals surface area contributed by atoms with E-state index in [1.807, 2.05) is 0 Å². The third-order valence-corrected chi connectivity index (χ3v) is 5.84. The monoisotopic (exact) mass is 462 g/mol. The number of fused-ring (bicyclic) bond motifs is 3. The molecule has 0 saturated carbocycles. The van der Waals surface area contributed by atoms with Crippen molar-refractivity contribution >= 4 is 32.6 Å². The van der Waals surface area contributed by atoms with Crippen molar-refractivity contribution in [1.29, 1.82) is 0 Å². The molecule has 0 spiro atoms. The maximum atomic E-state index is 14.3. The molecular weight excluding hydrogens is 446 g/mol. The van der Waals surface area contributed by atoms with Gasteiger partial charge >= 0.3 is 0 Å². The molecule has 0 radical (unpaired) electrons. The Morgan fingerprint density at radius 1 is 1.21 bits per heavy atom. The summed E-state index contributed by atoms with van der Waals surface area (Å²) in [5.41, 5.74) is 1.50. The van der Waals surface area contributed by atoms with Crippen LogP contribution < -0.4 is 5.56 Å². The minimum Gasteiger partial charge on any atom is -0.373 e. The van der Waals surface area contributed by atoms with Gasteiger partial charge in [0.05, 0.1) is 23.7 Å². The number of aromatic amines is 1. The van der Waals surface area contributed by atoms with E-state index in [9.17, 15) is 18.4 Å². The number of H-pyrrole nitrogens is 1. The topological polar surface area (TPSA) is 62.4 Å². The number of hydrogen-bond acceptors (Lipinski definition) is 3. The van der Waals surface area contributed by atoms with Crippen molar-refractivity contribution in [3.63, 3.8) is 0 Å². The molecule has 1 unspecified atom stereocenters. The summed E-state index contributed by atoms with van der Waals surface area (Å²) in [6, 6.07) is 6.32. The van der Waals surface area contributed by atoms with Gasteiger partial charge in [0, 0.05) is 29.3 Å². The molecule has 1 amide bonds. The molecular formula is C21H17BrF2N2O3. The summed E-state index contributed by atoms with van der Waals surface area (Å²) in [6.07, 6.45) is 0. The molecule has 3 aromatic rings. The Morgan fingerprint density at radius 3 is 2.69 bits per heavy atom. The number of pyridine rings is 1. The van der Waals surface area contributed by atoms with Gasteiger partial charge in [0.25, 0.3) is 11.5 Å². The lowest BCUT2D eigenvalue weighted by Gasteiger charge is -2.34. The maximum Gasteiger partial charge on any atom is 0.256 e. The summed E-state index contributed by atoms with van der Waals surface area (Å²) in [6.45, 7) is 1.95. The number of hydrogen-bond donors (Lipinski definition) is 1. The van der Waals surface area contributed by atoms with Gasteiger partial charge in [-0.25, -0.2) is 8.78 Å². The van der Waals surface area contributed by atoms with E-state index in [1.165, 1.54) is 35.2 Å². The average Bonchev–Trinajstić information content (AvgIpc) is 2.70. The molecule has 1 N–H and O–H groups in total. The number of carbonyl (C=O) groups excluding carboxylic acids is 1. The summed E-state index contributed by atoms with van der Waals surface area (Å²) < 4.78 is 33.6. The molecule has 29 heavy (non-hydrogen) atoms. The van der Waals surface area contributed by atoms with Gasteiger partial charge in [-0.05, 0) is 64.1 Å². The van der Waals surface area contributed by atoms with Gasteiger partial charge in [-0.15, -0.1) is 0 Å². The lowest BCUT2D eigenvalue weighted by atomic mass is 9.94. The van der Waals surface area contributed by atoms with Crippen LogP contribution in [0.1, 0.15) is 33.2 Å². The molecule has 1 atom stereocenters. The van der Waals surface area contributed by atoms with Crippen molar-refractivity contribution in [1.82, 2.24) is 9.88 Å². The summed E-state index contributed by atoms with van der Waals surface area (Å²) in [4.78, 5) is 29.7. The molecule has 2 aromatic carbocycles. The zero-order valence-corrected chi connectivity index (χ0v) is 17.3. The summed E-state index contributed by atoms with van der Waals surface area (Å²) in [5, 5.41) is 0.819. The summed E-state index contributed by atoms with van der Waals surface area (Å²) in [5.74, 6) is -1.24. The van der Waals surface area contributed by atoms with Crippen LogP contribution in [0.3, 0.4) is 0 Å². The summed E-state index contributed by atoms with van der Waals surface area (Å²) in [7, 11) is 1.60. The quantitative estimate of drug-likeness (QED) is 0.619. The molecule has 1 aliphatic heterocycles. The van der Waals surface area contributed by atoms with Crippen LogP contribution >= 0.6 is 15.9 Å². The van der Waals surface area contributed by atoms with E-state index in [1.54, 1.807) is 14.0 Å². The number of halogens is 3. The molecule has 5 nitrogen and oxygen atoms in total. The summed E-state index contributed by atoms with van der Waals surface area (Å²) >= 11 is 3.09. The second-order valence-corrected chi connectivity index (χ2v) is 7.92. The number of carbonyl (C=O) groups is 1. The zero-order valence-electron chi connectivity index (χ0n) is 15.7. The number of nitrogens with one attached hydrogen (secondary N) is 1. The van der Waals surface area contributed by atoms with Crippen LogP contribution in [0.4, 0.5) is 8.78 Å². The number of aryl methyl sites for hydroxylation is 1. The minimum atomic E-state index is -0.545. The fraction of sp³-hybridized carbons (Fsp3) is 0.238. The normalized spacial score (nSPS) is 16.0. The molecule has 8 heteroatoms. The van der Waals surface area contributed by atoms with Crippen LogP contribution in [0.5, 0.6) is 0 Å². The SMILES string of the molecule is Cc1cc2c(=O)[nH]c3c(c2cc1F)C(N(C)C(=O)c1ccc(F)c(Br)c1)COC3. The van der Waals surface area contributed by atoms with Crippen molar-refractivity contribution in [2.75, 3.05) is 13.7 Å². The molecule has 0 fully saturated rings. The van der Waals surface area contributed by atoms with Crippen molar-refractivity contribution in [3.8, 4) is 0 Å². The first-order chi connectivity index (χ1) is 13.8. The first-order valence-electron chi connectivity index (χ1n) is 8.92. The van der Waals surface area contributed by atoms with Gasteiger partial charge in [-0.3, -0.25) is 9.59 Å². The average molecular weight is 463 g/mol. The number of likely N-dealkylation sites (N-methyl/N-ethyl adjacent to an activating group) is 1. The van der Waals surface area contributed by atoms with E-state index < -0.39 is 17.7 Å². The molecule has 0 saturated heterocycles. The van der Waals surface area contributed by atoms with Gasteiger partial charge in [0.2, 0.25) is 0 Å². The van der Waals surface area contributed by atoms with Gasteiger partial charge in [-0.2, -0.15) is 0 Å². The van der Waals surface area contributed by atoms with Crippen LogP contribution in [-0.2, 0) is 11.3 Å². The van der Waals surface area contributed by atoms with E-state index in [0.29, 0.717) is 33.2 Å². The van der Waals surface area contributed by atoms with Gasteiger partial charge in [-0.1, -0.05) is 0 Å². The first kappa shape index (κ1) is 19.7. The number of ether oxygens (including phenoxy) is 1. The van der Waals surface area contributed by atoms with E-state index in [4.69, 9.17) is 4.74 Å². The second kappa shape index (κ2) is 7.35. The highest BCUT2D eigenvalue weighted by molar-refractivity contribution is 9.10. The fourth-order valence-electron chi connectivity index (χ4n) is 3.66. The predicted molar refractivity (Wildman–Crippen MR) is 108 cm³/mol. The minimum absolute atomic E-state index is 0.163. The number of aromatic nitrogens is 1. The largest absolute Gasteiger partial charge is 0.373 e. The Labute approximate surface area is 173 Å². The highest BCUT2D eigenvalue weighted by Crippen LogP contribution is 2.34. The Morgan fingerprint density at radius 2 is 1.97 bits per heavy atom. The highest BCUT2D eigenvalue weighted by Gasteiger charge is 2.31. The Balaban J connectivity index is 1.84. The molecule has 0 aliphatic carbocycles. The molecule has 2 heterocycles. The van der Waals surface area contributed by atoms with Gasteiger partial charge in [0.15, 0.2) is 0 Å². The third-order valence-electron chi connectivity index (χ3n) is 5.23. The number of nitrogens with zero attached hydrogens (tertiary/aromatic N) is 1. The number of rotatable bonds is 2. The van der Waals surface area contributed by atoms with Crippen LogP contribution in [0.15, 0.2) is 39.6 Å². The molecule has 150 valence electrons. The first-order valence-corrected chi connectivity index (χ1v) is 9.72. The van der Waals surface area contributed by atoms with Crippen molar-refractivity contribution in [3.05, 3.63) is 79.2 Å². The number of benzene rings is 2. The smallest absolute Gasteiger partial charge is 0.256 e. The zero-order chi connectivity index (χ0) is 20.9. The van der Waals surface area contributed by atoms with Crippen LogP contribution in [0, 0.1) is 18.6 Å². The Hall–Kier alpha value is -2.58. The Kier molecular flexibility index (Phi) is 5.00. The van der Waals surface area contributed by atoms with Crippen LogP contribution in [-0.4, -0.2) is 29.4 Å². The van der Waals surface area contributed by atoms with Gasteiger partial charge in [0.1, 0.15) is 11.6 Å². The van der Waals surface area contributed by atoms with E-state index in [0.717, 1.165) is 0 Å². The molecule has 4 rings (SSSR count). The lowest BCUT2D eigenvalue weighted by Crippen LogP contribution is -2.37. The van der Waals surface area contributed by atoms with Crippen LogP contribution in [0.2, 0.25) is 0 Å². The predicted octanol–water partition coefficient (Wildman–Crippen LogP) is 4.22. The molecule has 1 aromatic heterocycles. The highest BCUT2D eigenvalue weighted by atomic mass is 79.9. The standard InChI is InChI=1S/C21H17BrF2N2O3/c1-10-5-13-12(7-16(10)24)19-17(25-20(13)27)8-29-9-18(19)26(2)21(28)11-3-4-15(23)14(22)6-11/h3-7,18H,8-9H2,1-2H3,(H,25,27). The van der Waals surface area contributed by atoms with E-state index >= 15 is 0 Å². The second-order valence-electron chi connectivity index (χ2n) is 7.07. The maximum absolute atomic E-state index is 14.3. The Bertz CT molecular complexity index is 1210. The van der Waals surface area contributed by atoms with Crippen molar-refractivity contribution in [2.45, 2.75) is 19.6 Å². The van der Waals surface area contributed by atoms with Crippen LogP contribution in [0.25, 0.3) is 10.8 Å². The van der Waals surface area contributed by atoms with Crippen molar-refractivity contribution in [2.24, 2.45) is 0 Å². The fourth-order valence-corrected chi connectivity index (χ4v) is 4.04. The number of amides is 1. The van der Waals surface area contributed by atoms with E-state index in [2.05, 4.69) is 20.9 Å².